The summed E-state index contributed by atoms with van der Waals surface area (Å²) in [6, 6.07) is 9.92. The number of hydrogen-bond acceptors (Lipinski definition) is 2. The third kappa shape index (κ3) is 5.43. The summed E-state index contributed by atoms with van der Waals surface area (Å²) in [6.45, 7) is 3.74. The van der Waals surface area contributed by atoms with Crippen LogP contribution in [0.2, 0.25) is 0 Å². The summed E-state index contributed by atoms with van der Waals surface area (Å²) in [5.41, 5.74) is 3.02. The largest absolute Gasteiger partial charge is 0.489 e. The number of hydrogen-bond donors (Lipinski definition) is 0. The van der Waals surface area contributed by atoms with Crippen LogP contribution in [0, 0.1) is 13.8 Å². The van der Waals surface area contributed by atoms with Crippen molar-refractivity contribution in [2.45, 2.75) is 33.1 Å². The second kappa shape index (κ2) is 6.86. The van der Waals surface area contributed by atoms with Crippen LogP contribution in [0.4, 0.5) is 13.2 Å². The first-order valence-corrected chi connectivity index (χ1v) is 7.11. The van der Waals surface area contributed by atoms with E-state index in [2.05, 4.69) is 0 Å². The second-order valence-electron chi connectivity index (χ2n) is 5.60. The molecule has 2 rings (SSSR count). The summed E-state index contributed by atoms with van der Waals surface area (Å²) in [7, 11) is 0. The Balaban J connectivity index is 2.14. The van der Waals surface area contributed by atoms with Crippen LogP contribution in [-0.4, -0.2) is 12.5 Å². The molecule has 0 aromatic heterocycles. The van der Waals surface area contributed by atoms with E-state index in [1.54, 1.807) is 31.2 Å². The molecule has 0 unspecified atom stereocenters. The topological polar surface area (TPSA) is 26.3 Å². The van der Waals surface area contributed by atoms with Crippen LogP contribution in [0.1, 0.15) is 32.6 Å². The maximum absolute atomic E-state index is 12.5. The minimum atomic E-state index is -4.23. The monoisotopic (exact) mass is 322 g/mol. The van der Waals surface area contributed by atoms with Crippen molar-refractivity contribution in [3.63, 3.8) is 0 Å². The lowest BCUT2D eigenvalue weighted by molar-refractivity contribution is -0.127. The zero-order chi connectivity index (χ0) is 17.0. The molecule has 0 aliphatic heterocycles. The van der Waals surface area contributed by atoms with E-state index in [-0.39, 0.29) is 12.2 Å². The van der Waals surface area contributed by atoms with Gasteiger partial charge in [-0.3, -0.25) is 4.79 Å². The smallest absolute Gasteiger partial charge is 0.393 e. The Morgan fingerprint density at radius 1 is 0.957 bits per heavy atom. The number of aryl methyl sites for hydroxylation is 2. The highest BCUT2D eigenvalue weighted by Gasteiger charge is 2.27. The van der Waals surface area contributed by atoms with Crippen LogP contribution < -0.4 is 4.74 Å². The molecule has 23 heavy (non-hydrogen) atoms. The summed E-state index contributed by atoms with van der Waals surface area (Å²) in [5.74, 6) is 0.519. The molecule has 0 saturated carbocycles. The molecule has 0 radical (unpaired) electrons. The number of carbonyl (C=O) groups is 1. The molecule has 0 aliphatic carbocycles. The highest BCUT2D eigenvalue weighted by atomic mass is 19.4. The number of alkyl halides is 3. The lowest BCUT2D eigenvalue weighted by Gasteiger charge is -2.12. The molecule has 0 atom stereocenters. The van der Waals surface area contributed by atoms with Crippen molar-refractivity contribution in [3.8, 4) is 5.75 Å². The van der Waals surface area contributed by atoms with Gasteiger partial charge in [0.15, 0.2) is 0 Å². The van der Waals surface area contributed by atoms with Gasteiger partial charge in [-0.1, -0.05) is 23.8 Å². The average Bonchev–Trinajstić information content (AvgIpc) is 2.42. The van der Waals surface area contributed by atoms with Crippen molar-refractivity contribution in [1.82, 2.24) is 0 Å². The van der Waals surface area contributed by atoms with E-state index in [1.165, 1.54) is 12.1 Å². The summed E-state index contributed by atoms with van der Waals surface area (Å²) in [6.07, 6.45) is -4.46. The van der Waals surface area contributed by atoms with Gasteiger partial charge in [-0.05, 0) is 48.7 Å². The van der Waals surface area contributed by atoms with Crippen molar-refractivity contribution < 1.29 is 22.7 Å². The standard InChI is InChI=1S/C18H17F3O2/c1-12-3-14(9-18(19,20)21)7-16(5-12)11-23-17-6-13(2)4-15(8-17)10-22/h3-8,10H,9,11H2,1-2H3. The zero-order valence-electron chi connectivity index (χ0n) is 12.9. The maximum atomic E-state index is 12.5. The number of aldehydes is 1. The molecular formula is C18H17F3O2. The van der Waals surface area contributed by atoms with Gasteiger partial charge >= 0.3 is 6.18 Å². The number of halogens is 3. The molecule has 2 aromatic rings. The molecule has 0 bridgehead atoms. The van der Waals surface area contributed by atoms with Crippen molar-refractivity contribution in [2.75, 3.05) is 0 Å². The van der Waals surface area contributed by atoms with Crippen molar-refractivity contribution in [2.24, 2.45) is 0 Å². The van der Waals surface area contributed by atoms with Gasteiger partial charge in [0, 0.05) is 5.56 Å². The quantitative estimate of drug-likeness (QED) is 0.739. The average molecular weight is 322 g/mol. The fourth-order valence-electron chi connectivity index (χ4n) is 2.46. The predicted octanol–water partition coefficient (Wildman–Crippen LogP) is 4.80. The second-order valence-corrected chi connectivity index (χ2v) is 5.60. The van der Waals surface area contributed by atoms with Gasteiger partial charge in [-0.15, -0.1) is 0 Å². The van der Waals surface area contributed by atoms with Crippen LogP contribution in [0.25, 0.3) is 0 Å². The fourth-order valence-corrected chi connectivity index (χ4v) is 2.46. The van der Waals surface area contributed by atoms with E-state index in [0.29, 0.717) is 16.9 Å². The van der Waals surface area contributed by atoms with Crippen molar-refractivity contribution in [1.29, 1.82) is 0 Å². The molecular weight excluding hydrogens is 305 g/mol. The van der Waals surface area contributed by atoms with E-state index in [4.69, 9.17) is 4.74 Å². The van der Waals surface area contributed by atoms with Crippen LogP contribution in [0.15, 0.2) is 36.4 Å². The summed E-state index contributed by atoms with van der Waals surface area (Å²) >= 11 is 0. The number of ether oxygens (including phenoxy) is 1. The van der Waals surface area contributed by atoms with Gasteiger partial charge in [0.05, 0.1) is 6.42 Å². The lowest BCUT2D eigenvalue weighted by atomic mass is 10.0. The summed E-state index contributed by atoms with van der Waals surface area (Å²) < 4.78 is 43.2. The molecule has 0 N–H and O–H groups in total. The van der Waals surface area contributed by atoms with Crippen LogP contribution >= 0.6 is 0 Å². The van der Waals surface area contributed by atoms with Gasteiger partial charge in [0.2, 0.25) is 0 Å². The maximum Gasteiger partial charge on any atom is 0.393 e. The first-order chi connectivity index (χ1) is 10.7. The zero-order valence-corrected chi connectivity index (χ0v) is 12.9. The molecule has 2 aromatic carbocycles. The van der Waals surface area contributed by atoms with Gasteiger partial charge in [-0.25, -0.2) is 0 Å². The molecule has 0 saturated heterocycles. The van der Waals surface area contributed by atoms with Crippen LogP contribution in [-0.2, 0) is 13.0 Å². The van der Waals surface area contributed by atoms with Gasteiger partial charge in [-0.2, -0.15) is 13.2 Å². The van der Waals surface area contributed by atoms with E-state index < -0.39 is 12.6 Å². The normalized spacial score (nSPS) is 11.3. The van der Waals surface area contributed by atoms with E-state index in [9.17, 15) is 18.0 Å². The van der Waals surface area contributed by atoms with Crippen LogP contribution in [0.3, 0.4) is 0 Å². The Morgan fingerprint density at radius 3 is 2.26 bits per heavy atom. The Bertz CT molecular complexity index is 706. The number of benzene rings is 2. The van der Waals surface area contributed by atoms with Gasteiger partial charge < -0.3 is 4.74 Å². The van der Waals surface area contributed by atoms with Crippen molar-refractivity contribution in [3.05, 3.63) is 64.2 Å². The molecule has 5 heteroatoms. The third-order valence-electron chi connectivity index (χ3n) is 3.22. The Labute approximate surface area is 132 Å². The Kier molecular flexibility index (Phi) is 5.08. The molecule has 0 spiro atoms. The molecule has 2 nitrogen and oxygen atoms in total. The molecule has 0 heterocycles. The summed E-state index contributed by atoms with van der Waals surface area (Å²) in [4.78, 5) is 10.8. The third-order valence-corrected chi connectivity index (χ3v) is 3.22. The highest BCUT2D eigenvalue weighted by Crippen LogP contribution is 2.23. The molecule has 122 valence electrons. The van der Waals surface area contributed by atoms with E-state index >= 15 is 0 Å². The first kappa shape index (κ1) is 17.1. The molecule has 0 fully saturated rings. The SMILES string of the molecule is Cc1cc(COc2cc(C)cc(C=O)c2)cc(CC(F)(F)F)c1. The fraction of sp³-hybridized carbons (Fsp3) is 0.278. The first-order valence-electron chi connectivity index (χ1n) is 7.11. The lowest BCUT2D eigenvalue weighted by Crippen LogP contribution is -2.12. The van der Waals surface area contributed by atoms with E-state index in [0.717, 1.165) is 17.4 Å². The number of rotatable bonds is 5. The van der Waals surface area contributed by atoms with Gasteiger partial charge in [0.1, 0.15) is 18.6 Å². The Hall–Kier alpha value is -2.30. The minimum Gasteiger partial charge on any atom is -0.489 e. The van der Waals surface area contributed by atoms with Crippen LogP contribution in [0.5, 0.6) is 5.75 Å². The minimum absolute atomic E-state index is 0.147. The highest BCUT2D eigenvalue weighted by molar-refractivity contribution is 5.76. The Morgan fingerprint density at radius 2 is 1.61 bits per heavy atom. The van der Waals surface area contributed by atoms with Crippen molar-refractivity contribution >= 4 is 6.29 Å². The van der Waals surface area contributed by atoms with Gasteiger partial charge in [0.25, 0.3) is 0 Å². The summed E-state index contributed by atoms with van der Waals surface area (Å²) in [5, 5.41) is 0. The molecule has 0 amide bonds. The predicted molar refractivity (Wildman–Crippen MR) is 81.8 cm³/mol. The molecule has 0 aliphatic rings. The van der Waals surface area contributed by atoms with E-state index in [1.807, 2.05) is 6.92 Å². The number of carbonyl (C=O) groups excluding carboxylic acids is 1.